The summed E-state index contributed by atoms with van der Waals surface area (Å²) in [6.45, 7) is 0. The summed E-state index contributed by atoms with van der Waals surface area (Å²) in [6.07, 6.45) is 2.95. The number of aliphatic imine (C=N–C) groups is 1. The molecule has 0 radical (unpaired) electrons. The van der Waals surface area contributed by atoms with Crippen molar-refractivity contribution in [1.29, 1.82) is 0 Å². The number of aromatic hydroxyl groups is 3. The van der Waals surface area contributed by atoms with Gasteiger partial charge in [-0.15, -0.1) is 0 Å². The molecule has 0 fully saturated rings. The molecule has 26 heavy (non-hydrogen) atoms. The van der Waals surface area contributed by atoms with Crippen molar-refractivity contribution >= 4 is 17.7 Å². The van der Waals surface area contributed by atoms with E-state index >= 15 is 0 Å². The molecule has 4 N–H and O–H groups in total. The third-order valence-corrected chi connectivity index (χ3v) is 3.44. The fourth-order valence-electron chi connectivity index (χ4n) is 2.13. The van der Waals surface area contributed by atoms with Gasteiger partial charge >= 0.3 is 0 Å². The topological polar surface area (TPSA) is 110 Å². The van der Waals surface area contributed by atoms with E-state index in [9.17, 15) is 15.3 Å². The van der Waals surface area contributed by atoms with Gasteiger partial charge in [-0.05, 0) is 36.4 Å². The van der Waals surface area contributed by atoms with Gasteiger partial charge in [-0.2, -0.15) is 5.10 Å². The van der Waals surface area contributed by atoms with Crippen LogP contribution in [0.4, 0.5) is 5.69 Å². The highest BCUT2D eigenvalue weighted by atomic mass is 16.3. The normalized spacial score (nSPS) is 11.6. The summed E-state index contributed by atoms with van der Waals surface area (Å²) in [5.74, 6) is -1.06. The average molecular weight is 348 g/mol. The van der Waals surface area contributed by atoms with Gasteiger partial charge in [0.2, 0.25) is 5.75 Å². The molecule has 1 aromatic heterocycles. The average Bonchev–Trinajstić information content (AvgIpc) is 2.68. The minimum Gasteiger partial charge on any atom is -0.504 e. The van der Waals surface area contributed by atoms with E-state index in [0.29, 0.717) is 11.5 Å². The molecule has 130 valence electrons. The number of para-hydroxylation sites is 1. The Morgan fingerprint density at radius 1 is 0.885 bits per heavy atom. The zero-order valence-electron chi connectivity index (χ0n) is 13.6. The van der Waals surface area contributed by atoms with E-state index in [1.54, 1.807) is 18.3 Å². The lowest BCUT2D eigenvalue weighted by Crippen LogP contribution is -2.20. The maximum absolute atomic E-state index is 9.82. The Hall–Kier alpha value is -3.87. The Labute approximate surface area is 149 Å². The smallest absolute Gasteiger partial charge is 0.200 e. The summed E-state index contributed by atoms with van der Waals surface area (Å²) in [5.41, 5.74) is 4.34. The van der Waals surface area contributed by atoms with Crippen molar-refractivity contribution in [3.05, 3.63) is 78.1 Å². The highest BCUT2D eigenvalue weighted by Crippen LogP contribution is 2.36. The van der Waals surface area contributed by atoms with Crippen LogP contribution in [0.3, 0.4) is 0 Å². The van der Waals surface area contributed by atoms with E-state index in [1.807, 2.05) is 36.4 Å². The molecular weight excluding hydrogens is 332 g/mol. The molecule has 0 spiro atoms. The maximum atomic E-state index is 9.82. The first-order valence-corrected chi connectivity index (χ1v) is 7.73. The molecule has 0 saturated heterocycles. The van der Waals surface area contributed by atoms with E-state index in [0.717, 1.165) is 5.69 Å². The molecule has 3 aromatic rings. The Balaban J connectivity index is 1.87. The van der Waals surface area contributed by atoms with Gasteiger partial charge in [0.05, 0.1) is 11.9 Å². The van der Waals surface area contributed by atoms with Crippen LogP contribution in [0, 0.1) is 0 Å². The monoisotopic (exact) mass is 348 g/mol. The lowest BCUT2D eigenvalue weighted by atomic mass is 10.2. The Morgan fingerprint density at radius 3 is 2.38 bits per heavy atom. The van der Waals surface area contributed by atoms with Crippen LogP contribution in [0.25, 0.3) is 0 Å². The van der Waals surface area contributed by atoms with E-state index in [1.165, 1.54) is 18.3 Å². The molecule has 0 bridgehead atoms. The number of hydrogen-bond donors (Lipinski definition) is 4. The number of rotatable bonds is 4. The second kappa shape index (κ2) is 7.80. The summed E-state index contributed by atoms with van der Waals surface area (Å²) in [6, 6.07) is 17.4. The van der Waals surface area contributed by atoms with Crippen molar-refractivity contribution in [1.82, 2.24) is 10.4 Å². The summed E-state index contributed by atoms with van der Waals surface area (Å²) in [4.78, 5) is 8.75. The van der Waals surface area contributed by atoms with Crippen LogP contribution in [0.1, 0.15) is 11.3 Å². The molecule has 1 heterocycles. The van der Waals surface area contributed by atoms with Crippen LogP contribution in [-0.4, -0.2) is 32.4 Å². The summed E-state index contributed by atoms with van der Waals surface area (Å²) < 4.78 is 0. The predicted octanol–water partition coefficient (Wildman–Crippen LogP) is 2.90. The zero-order valence-corrected chi connectivity index (χ0v) is 13.6. The number of aromatic nitrogens is 1. The Kier molecular flexibility index (Phi) is 5.09. The van der Waals surface area contributed by atoms with Crippen molar-refractivity contribution in [3.63, 3.8) is 0 Å². The minimum atomic E-state index is -0.600. The maximum Gasteiger partial charge on any atom is 0.200 e. The van der Waals surface area contributed by atoms with Gasteiger partial charge in [-0.1, -0.05) is 24.3 Å². The minimum absolute atomic E-state index is 0.230. The number of nitrogens with zero attached hydrogens (tertiary/aromatic N) is 3. The van der Waals surface area contributed by atoms with E-state index in [4.69, 9.17) is 0 Å². The van der Waals surface area contributed by atoms with Gasteiger partial charge in [0.15, 0.2) is 17.3 Å². The predicted molar refractivity (Wildman–Crippen MR) is 99.0 cm³/mol. The summed E-state index contributed by atoms with van der Waals surface area (Å²) >= 11 is 0. The van der Waals surface area contributed by atoms with Crippen LogP contribution in [-0.2, 0) is 0 Å². The SMILES string of the molecule is Oc1ccc(/C=N/NC(=Nc2ccccc2)c2ccccn2)c(O)c1O. The van der Waals surface area contributed by atoms with Crippen LogP contribution in [0.2, 0.25) is 0 Å². The molecule has 0 atom stereocenters. The largest absolute Gasteiger partial charge is 0.504 e. The zero-order chi connectivity index (χ0) is 18.4. The van der Waals surface area contributed by atoms with Gasteiger partial charge in [0, 0.05) is 11.8 Å². The Bertz CT molecular complexity index is 942. The Morgan fingerprint density at radius 2 is 1.65 bits per heavy atom. The quantitative estimate of drug-likeness (QED) is 0.251. The number of nitrogens with one attached hydrogen (secondary N) is 1. The summed E-state index contributed by atoms with van der Waals surface area (Å²) in [7, 11) is 0. The van der Waals surface area contributed by atoms with Crippen molar-refractivity contribution in [3.8, 4) is 17.2 Å². The van der Waals surface area contributed by atoms with Crippen molar-refractivity contribution in [2.45, 2.75) is 0 Å². The first kappa shape index (κ1) is 17.0. The number of hydrogen-bond acceptors (Lipinski definition) is 6. The molecule has 0 saturated carbocycles. The molecule has 3 rings (SSSR count). The number of hydrazone groups is 1. The molecule has 2 aromatic carbocycles. The molecule has 0 aliphatic heterocycles. The van der Waals surface area contributed by atoms with Crippen molar-refractivity contribution < 1.29 is 15.3 Å². The number of amidine groups is 1. The molecule has 0 unspecified atom stereocenters. The van der Waals surface area contributed by atoms with Gasteiger partial charge < -0.3 is 15.3 Å². The van der Waals surface area contributed by atoms with Gasteiger partial charge in [0.25, 0.3) is 0 Å². The number of benzene rings is 2. The summed E-state index contributed by atoms with van der Waals surface area (Å²) in [5, 5.41) is 32.8. The van der Waals surface area contributed by atoms with Gasteiger partial charge in [0.1, 0.15) is 5.69 Å². The lowest BCUT2D eigenvalue weighted by Gasteiger charge is -2.06. The second-order valence-corrected chi connectivity index (χ2v) is 5.25. The first-order valence-electron chi connectivity index (χ1n) is 7.73. The highest BCUT2D eigenvalue weighted by molar-refractivity contribution is 5.99. The van der Waals surface area contributed by atoms with E-state index in [-0.39, 0.29) is 5.56 Å². The molecule has 0 amide bonds. The fourth-order valence-corrected chi connectivity index (χ4v) is 2.13. The van der Waals surface area contributed by atoms with Crippen LogP contribution >= 0.6 is 0 Å². The van der Waals surface area contributed by atoms with Gasteiger partial charge in [-0.3, -0.25) is 10.4 Å². The van der Waals surface area contributed by atoms with Crippen molar-refractivity contribution in [2.24, 2.45) is 10.1 Å². The van der Waals surface area contributed by atoms with E-state index < -0.39 is 17.2 Å². The molecular formula is C19H16N4O3. The fraction of sp³-hybridized carbons (Fsp3) is 0. The highest BCUT2D eigenvalue weighted by Gasteiger charge is 2.09. The van der Waals surface area contributed by atoms with Gasteiger partial charge in [-0.25, -0.2) is 4.99 Å². The van der Waals surface area contributed by atoms with E-state index in [2.05, 4.69) is 20.5 Å². The molecule has 7 nitrogen and oxygen atoms in total. The number of phenols is 3. The lowest BCUT2D eigenvalue weighted by molar-refractivity contribution is 0.367. The second-order valence-electron chi connectivity index (χ2n) is 5.25. The molecule has 7 heteroatoms. The number of pyridine rings is 1. The first-order chi connectivity index (χ1) is 12.6. The molecule has 0 aliphatic rings. The van der Waals surface area contributed by atoms with Crippen LogP contribution in [0.15, 0.2) is 77.0 Å². The van der Waals surface area contributed by atoms with Crippen LogP contribution < -0.4 is 5.43 Å². The number of phenolic OH excluding ortho intramolecular Hbond substituents is 3. The standard InChI is InChI=1S/C19H16N4O3/c24-16-10-9-13(17(25)18(16)26)12-21-23-19(15-8-4-5-11-20-15)22-14-6-2-1-3-7-14/h1-12,24-26H,(H,22,23)/b21-12+. The van der Waals surface area contributed by atoms with Crippen molar-refractivity contribution in [2.75, 3.05) is 0 Å². The third kappa shape index (κ3) is 3.96. The molecule has 0 aliphatic carbocycles. The van der Waals surface area contributed by atoms with Crippen LogP contribution in [0.5, 0.6) is 17.2 Å². The third-order valence-electron chi connectivity index (χ3n) is 3.44.